The molecule has 0 aliphatic carbocycles. The Morgan fingerprint density at radius 2 is 1.59 bits per heavy atom. The Balaban J connectivity index is 1.62. The summed E-state index contributed by atoms with van der Waals surface area (Å²) in [5, 5.41) is 0.725. The van der Waals surface area contributed by atoms with Crippen molar-refractivity contribution in [3.63, 3.8) is 0 Å². The second-order valence-corrected chi connectivity index (χ2v) is 9.92. The van der Waals surface area contributed by atoms with Crippen molar-refractivity contribution in [3.8, 4) is 0 Å². The molecule has 0 aliphatic rings. The van der Waals surface area contributed by atoms with Gasteiger partial charge in [-0.15, -0.1) is 0 Å². The minimum absolute atomic E-state index is 0.127. The Kier molecular flexibility index (Phi) is 7.61. The van der Waals surface area contributed by atoms with Gasteiger partial charge in [-0.25, -0.2) is 4.39 Å². The highest BCUT2D eigenvalue weighted by Crippen LogP contribution is 2.32. The number of ether oxygens (including phenoxy) is 1. The van der Waals surface area contributed by atoms with Gasteiger partial charge in [0.1, 0.15) is 5.82 Å². The molecular formula is C25H19Br3FNO2. The molecule has 0 saturated carbocycles. The minimum Gasteiger partial charge on any atom is -0.376 e. The summed E-state index contributed by atoms with van der Waals surface area (Å²) in [7, 11) is 0. The van der Waals surface area contributed by atoms with E-state index in [0.29, 0.717) is 31.7 Å². The lowest BCUT2D eigenvalue weighted by molar-refractivity contribution is 0.124. The summed E-state index contributed by atoms with van der Waals surface area (Å²) < 4.78 is 24.2. The van der Waals surface area contributed by atoms with E-state index in [4.69, 9.17) is 4.74 Å². The molecule has 0 radical (unpaired) electrons. The van der Waals surface area contributed by atoms with Gasteiger partial charge in [-0.1, -0.05) is 30.3 Å². The summed E-state index contributed by atoms with van der Waals surface area (Å²) in [4.78, 5) is 13.0. The molecule has 0 aliphatic heterocycles. The zero-order valence-corrected chi connectivity index (χ0v) is 21.7. The van der Waals surface area contributed by atoms with Gasteiger partial charge in [0.25, 0.3) is 5.56 Å². The van der Waals surface area contributed by atoms with Gasteiger partial charge in [0.15, 0.2) is 0 Å². The Morgan fingerprint density at radius 3 is 2.31 bits per heavy atom. The summed E-state index contributed by atoms with van der Waals surface area (Å²) in [6, 6.07) is 20.0. The standard InChI is InChI=1S/C25H19Br3FNO2/c26-21-10-17(11-22(27)25(21)28)14-30-23-7-6-19(29)13-20(23)18(12-24(30)31)8-9-32-15-16-4-2-1-3-5-16/h1-7,10-13H,8-9,14-15H2. The number of fused-ring (bicyclic) bond motifs is 1. The van der Waals surface area contributed by atoms with Crippen LogP contribution in [0.5, 0.6) is 0 Å². The second-order valence-electron chi connectivity index (χ2n) is 7.42. The van der Waals surface area contributed by atoms with Crippen LogP contribution >= 0.6 is 47.8 Å². The number of halogens is 4. The smallest absolute Gasteiger partial charge is 0.251 e. The Bertz CT molecular complexity index is 1300. The number of benzene rings is 3. The largest absolute Gasteiger partial charge is 0.376 e. The maximum atomic E-state index is 14.1. The molecule has 3 nitrogen and oxygen atoms in total. The summed E-state index contributed by atoms with van der Waals surface area (Å²) in [5.41, 5.74) is 3.39. The number of hydrogen-bond acceptors (Lipinski definition) is 2. The Labute approximate surface area is 210 Å². The van der Waals surface area contributed by atoms with Crippen molar-refractivity contribution in [2.24, 2.45) is 0 Å². The molecule has 1 heterocycles. The van der Waals surface area contributed by atoms with Crippen LogP contribution in [-0.2, 0) is 24.3 Å². The predicted octanol–water partition coefficient (Wildman–Crippen LogP) is 7.24. The zero-order valence-electron chi connectivity index (χ0n) is 17.0. The van der Waals surface area contributed by atoms with E-state index in [1.165, 1.54) is 12.1 Å². The molecule has 0 spiro atoms. The molecule has 7 heteroatoms. The number of pyridine rings is 1. The highest BCUT2D eigenvalue weighted by molar-refractivity contribution is 9.14. The Morgan fingerprint density at radius 1 is 0.875 bits per heavy atom. The van der Waals surface area contributed by atoms with E-state index in [-0.39, 0.29) is 11.4 Å². The molecule has 3 aromatic carbocycles. The molecular weight excluding hydrogens is 605 g/mol. The van der Waals surface area contributed by atoms with Gasteiger partial charge in [-0.3, -0.25) is 4.79 Å². The van der Waals surface area contributed by atoms with Crippen molar-refractivity contribution < 1.29 is 9.13 Å². The van der Waals surface area contributed by atoms with Crippen molar-refractivity contribution in [1.82, 2.24) is 4.57 Å². The molecule has 0 saturated heterocycles. The third-order valence-electron chi connectivity index (χ3n) is 5.17. The number of aromatic nitrogens is 1. The van der Waals surface area contributed by atoms with E-state index in [1.54, 1.807) is 16.7 Å². The van der Waals surface area contributed by atoms with Crippen molar-refractivity contribution >= 4 is 58.7 Å². The molecule has 4 rings (SSSR count). The van der Waals surface area contributed by atoms with Gasteiger partial charge in [0.2, 0.25) is 0 Å². The zero-order chi connectivity index (χ0) is 22.7. The molecule has 0 unspecified atom stereocenters. The summed E-state index contributed by atoms with van der Waals surface area (Å²) >= 11 is 10.5. The van der Waals surface area contributed by atoms with Crippen molar-refractivity contribution in [3.05, 3.63) is 113 Å². The summed E-state index contributed by atoms with van der Waals surface area (Å²) in [6.07, 6.45) is 0.526. The highest BCUT2D eigenvalue weighted by Gasteiger charge is 2.12. The van der Waals surface area contributed by atoms with Crippen LogP contribution < -0.4 is 5.56 Å². The first kappa shape index (κ1) is 23.4. The molecule has 0 amide bonds. The van der Waals surface area contributed by atoms with Crippen LogP contribution in [0.15, 0.2) is 84.9 Å². The van der Waals surface area contributed by atoms with Crippen molar-refractivity contribution in [1.29, 1.82) is 0 Å². The first-order chi connectivity index (χ1) is 15.4. The van der Waals surface area contributed by atoms with Crippen LogP contribution in [0.3, 0.4) is 0 Å². The second kappa shape index (κ2) is 10.4. The van der Waals surface area contributed by atoms with E-state index in [9.17, 15) is 9.18 Å². The number of hydrogen-bond donors (Lipinski definition) is 0. The number of rotatable bonds is 7. The monoisotopic (exact) mass is 621 g/mol. The molecule has 164 valence electrons. The fourth-order valence-corrected chi connectivity index (χ4v) is 5.13. The SMILES string of the molecule is O=c1cc(CCOCc2ccccc2)c2cc(F)ccc2n1Cc1cc(Br)c(Br)c(Br)c1. The third kappa shape index (κ3) is 5.39. The molecule has 32 heavy (non-hydrogen) atoms. The lowest BCUT2D eigenvalue weighted by atomic mass is 10.1. The predicted molar refractivity (Wildman–Crippen MR) is 137 cm³/mol. The van der Waals surface area contributed by atoms with Gasteiger partial charge in [-0.05, 0) is 101 Å². The van der Waals surface area contributed by atoms with Gasteiger partial charge in [0, 0.05) is 24.9 Å². The van der Waals surface area contributed by atoms with Crippen LogP contribution in [0, 0.1) is 5.82 Å². The Hall–Kier alpha value is -1.80. The van der Waals surface area contributed by atoms with E-state index < -0.39 is 0 Å². The van der Waals surface area contributed by atoms with Crippen LogP contribution in [0.4, 0.5) is 4.39 Å². The van der Waals surface area contributed by atoms with E-state index in [1.807, 2.05) is 42.5 Å². The first-order valence-electron chi connectivity index (χ1n) is 9.99. The van der Waals surface area contributed by atoms with Gasteiger partial charge in [-0.2, -0.15) is 0 Å². The summed E-state index contributed by atoms with van der Waals surface area (Å²) in [6.45, 7) is 1.31. The first-order valence-corrected chi connectivity index (χ1v) is 12.4. The fraction of sp³-hybridized carbons (Fsp3) is 0.160. The maximum Gasteiger partial charge on any atom is 0.251 e. The topological polar surface area (TPSA) is 31.2 Å². The molecule has 1 aromatic heterocycles. The lowest BCUT2D eigenvalue weighted by Crippen LogP contribution is -2.22. The molecule has 0 atom stereocenters. The maximum absolute atomic E-state index is 14.1. The molecule has 4 aromatic rings. The van der Waals surface area contributed by atoms with E-state index in [2.05, 4.69) is 47.8 Å². The van der Waals surface area contributed by atoms with Crippen molar-refractivity contribution in [2.75, 3.05) is 6.61 Å². The molecule has 0 N–H and O–H groups in total. The quantitative estimate of drug-likeness (QED) is 0.161. The summed E-state index contributed by atoms with van der Waals surface area (Å²) in [5.74, 6) is -0.330. The molecule has 0 fully saturated rings. The van der Waals surface area contributed by atoms with Gasteiger partial charge >= 0.3 is 0 Å². The lowest BCUT2D eigenvalue weighted by Gasteiger charge is -2.15. The van der Waals surface area contributed by atoms with Crippen LogP contribution in [0.1, 0.15) is 16.7 Å². The van der Waals surface area contributed by atoms with Crippen LogP contribution in [0.25, 0.3) is 10.9 Å². The van der Waals surface area contributed by atoms with Gasteiger partial charge < -0.3 is 9.30 Å². The van der Waals surface area contributed by atoms with Crippen LogP contribution in [0.2, 0.25) is 0 Å². The van der Waals surface area contributed by atoms with E-state index in [0.717, 1.165) is 35.5 Å². The van der Waals surface area contributed by atoms with E-state index >= 15 is 0 Å². The van der Waals surface area contributed by atoms with Gasteiger partial charge in [0.05, 0.1) is 25.3 Å². The third-order valence-corrected chi connectivity index (χ3v) is 8.34. The normalized spacial score (nSPS) is 11.2. The minimum atomic E-state index is -0.330. The van der Waals surface area contributed by atoms with Crippen LogP contribution in [-0.4, -0.2) is 11.2 Å². The highest BCUT2D eigenvalue weighted by atomic mass is 79.9. The number of nitrogens with zero attached hydrogens (tertiary/aromatic N) is 1. The fourth-order valence-electron chi connectivity index (χ4n) is 3.62. The molecule has 0 bridgehead atoms. The van der Waals surface area contributed by atoms with Crippen molar-refractivity contribution in [2.45, 2.75) is 19.6 Å². The average Bonchev–Trinajstić information content (AvgIpc) is 2.78. The average molecular weight is 624 g/mol.